The first kappa shape index (κ1) is 14.6. The van der Waals surface area contributed by atoms with Crippen LogP contribution in [-0.2, 0) is 16.1 Å². The van der Waals surface area contributed by atoms with Gasteiger partial charge < -0.3 is 19.2 Å². The Morgan fingerprint density at radius 1 is 1.29 bits per heavy atom. The van der Waals surface area contributed by atoms with Crippen molar-refractivity contribution in [2.24, 2.45) is 0 Å². The average molecular weight is 289 g/mol. The molecule has 21 heavy (non-hydrogen) atoms. The molecule has 0 bridgehead atoms. The smallest absolute Gasteiger partial charge is 0.341 e. The number of furan rings is 1. The number of methoxy groups -OCH3 is 1. The summed E-state index contributed by atoms with van der Waals surface area (Å²) in [5.74, 6) is -0.261. The highest BCUT2D eigenvalue weighted by molar-refractivity contribution is 5.90. The lowest BCUT2D eigenvalue weighted by molar-refractivity contribution is -0.124. The monoisotopic (exact) mass is 289 g/mol. The number of nitrogens with one attached hydrogen (secondary N) is 1. The minimum absolute atomic E-state index is 0.274. The van der Waals surface area contributed by atoms with Crippen molar-refractivity contribution >= 4 is 11.9 Å². The predicted octanol–water partition coefficient (Wildman–Crippen LogP) is 1.76. The van der Waals surface area contributed by atoms with Crippen LogP contribution in [0.3, 0.4) is 0 Å². The molecule has 0 aliphatic rings. The van der Waals surface area contributed by atoms with Crippen LogP contribution in [0.5, 0.6) is 5.75 Å². The molecule has 110 valence electrons. The van der Waals surface area contributed by atoms with Crippen molar-refractivity contribution in [2.45, 2.75) is 6.54 Å². The molecule has 0 unspecified atom stereocenters. The zero-order chi connectivity index (χ0) is 15.1. The van der Waals surface area contributed by atoms with Crippen LogP contribution in [-0.4, -0.2) is 25.6 Å². The van der Waals surface area contributed by atoms with E-state index < -0.39 is 5.97 Å². The van der Waals surface area contributed by atoms with Crippen LogP contribution in [0.2, 0.25) is 0 Å². The molecule has 1 aromatic heterocycles. The number of benzene rings is 1. The standard InChI is InChI=1S/C15H15NO5/c1-19-13-4-2-3-11(7-13)8-16-14(17)10-21-15(18)12-5-6-20-9-12/h2-7,9H,8,10H2,1H3,(H,16,17). The van der Waals surface area contributed by atoms with Crippen molar-refractivity contribution in [3.05, 3.63) is 54.0 Å². The molecule has 0 aliphatic heterocycles. The number of esters is 1. The number of rotatable bonds is 6. The van der Waals surface area contributed by atoms with Gasteiger partial charge in [0.05, 0.1) is 18.9 Å². The Labute approximate surface area is 121 Å². The lowest BCUT2D eigenvalue weighted by Gasteiger charge is -2.07. The van der Waals surface area contributed by atoms with Crippen LogP contribution in [0, 0.1) is 0 Å². The van der Waals surface area contributed by atoms with Gasteiger partial charge in [-0.05, 0) is 23.8 Å². The Balaban J connectivity index is 1.75. The van der Waals surface area contributed by atoms with Crippen molar-refractivity contribution < 1.29 is 23.5 Å². The molecule has 0 atom stereocenters. The van der Waals surface area contributed by atoms with E-state index in [0.29, 0.717) is 12.3 Å². The molecule has 0 spiro atoms. The predicted molar refractivity (Wildman–Crippen MR) is 73.8 cm³/mol. The Morgan fingerprint density at radius 2 is 2.14 bits per heavy atom. The third-order valence-corrected chi connectivity index (χ3v) is 2.72. The Kier molecular flexibility index (Phi) is 4.98. The summed E-state index contributed by atoms with van der Waals surface area (Å²) in [4.78, 5) is 23.1. The van der Waals surface area contributed by atoms with E-state index in [4.69, 9.17) is 13.9 Å². The first-order valence-corrected chi connectivity index (χ1v) is 6.28. The van der Waals surface area contributed by atoms with E-state index in [1.807, 2.05) is 24.3 Å². The largest absolute Gasteiger partial charge is 0.497 e. The quantitative estimate of drug-likeness (QED) is 0.820. The molecule has 0 fully saturated rings. The van der Waals surface area contributed by atoms with E-state index in [2.05, 4.69) is 5.32 Å². The van der Waals surface area contributed by atoms with Crippen LogP contribution >= 0.6 is 0 Å². The molecule has 0 aliphatic carbocycles. The fourth-order valence-corrected chi connectivity index (χ4v) is 1.63. The van der Waals surface area contributed by atoms with E-state index in [0.717, 1.165) is 5.56 Å². The van der Waals surface area contributed by atoms with Crippen molar-refractivity contribution in [3.63, 3.8) is 0 Å². The maximum Gasteiger partial charge on any atom is 0.341 e. The molecule has 2 aromatic rings. The summed E-state index contributed by atoms with van der Waals surface area (Å²) in [7, 11) is 1.58. The van der Waals surface area contributed by atoms with Gasteiger partial charge in [0.1, 0.15) is 12.0 Å². The topological polar surface area (TPSA) is 77.8 Å². The van der Waals surface area contributed by atoms with Gasteiger partial charge in [0.15, 0.2) is 6.61 Å². The summed E-state index contributed by atoms with van der Waals surface area (Å²) < 4.78 is 14.7. The van der Waals surface area contributed by atoms with Crippen LogP contribution in [0.1, 0.15) is 15.9 Å². The maximum absolute atomic E-state index is 11.6. The van der Waals surface area contributed by atoms with E-state index in [1.54, 1.807) is 7.11 Å². The summed E-state index contributed by atoms with van der Waals surface area (Å²) in [5, 5.41) is 2.66. The fraction of sp³-hybridized carbons (Fsp3) is 0.200. The van der Waals surface area contributed by atoms with Gasteiger partial charge in [-0.1, -0.05) is 12.1 Å². The average Bonchev–Trinajstić information content (AvgIpc) is 3.05. The highest BCUT2D eigenvalue weighted by Crippen LogP contribution is 2.12. The minimum Gasteiger partial charge on any atom is -0.497 e. The van der Waals surface area contributed by atoms with E-state index in [1.165, 1.54) is 18.6 Å². The molecular weight excluding hydrogens is 274 g/mol. The van der Waals surface area contributed by atoms with Crippen LogP contribution in [0.4, 0.5) is 0 Å². The fourth-order valence-electron chi connectivity index (χ4n) is 1.63. The lowest BCUT2D eigenvalue weighted by Crippen LogP contribution is -2.28. The number of ether oxygens (including phenoxy) is 2. The molecular formula is C15H15NO5. The molecule has 0 saturated carbocycles. The SMILES string of the molecule is COc1cccc(CNC(=O)COC(=O)c2ccoc2)c1. The van der Waals surface area contributed by atoms with Gasteiger partial charge in [-0.2, -0.15) is 0 Å². The second-order valence-electron chi connectivity index (χ2n) is 4.22. The van der Waals surface area contributed by atoms with Gasteiger partial charge in [0.25, 0.3) is 5.91 Å². The van der Waals surface area contributed by atoms with Gasteiger partial charge in [-0.15, -0.1) is 0 Å². The zero-order valence-electron chi connectivity index (χ0n) is 11.5. The van der Waals surface area contributed by atoms with Crippen molar-refractivity contribution in [1.82, 2.24) is 5.32 Å². The minimum atomic E-state index is -0.597. The summed E-state index contributed by atoms with van der Waals surface area (Å²) in [6.45, 7) is -0.00667. The molecule has 6 nitrogen and oxygen atoms in total. The first-order chi connectivity index (χ1) is 10.2. The molecule has 0 saturated heterocycles. The van der Waals surface area contributed by atoms with E-state index in [9.17, 15) is 9.59 Å². The summed E-state index contributed by atoms with van der Waals surface area (Å²) >= 11 is 0. The van der Waals surface area contributed by atoms with Crippen molar-refractivity contribution in [3.8, 4) is 5.75 Å². The number of amides is 1. The zero-order valence-corrected chi connectivity index (χ0v) is 11.5. The highest BCUT2D eigenvalue weighted by atomic mass is 16.5. The first-order valence-electron chi connectivity index (χ1n) is 6.28. The van der Waals surface area contributed by atoms with Crippen molar-refractivity contribution in [2.75, 3.05) is 13.7 Å². The normalized spacial score (nSPS) is 9.95. The Bertz CT molecular complexity index is 606. The van der Waals surface area contributed by atoms with Crippen LogP contribution in [0.15, 0.2) is 47.3 Å². The van der Waals surface area contributed by atoms with Gasteiger partial charge >= 0.3 is 5.97 Å². The third kappa shape index (κ3) is 4.38. The lowest BCUT2D eigenvalue weighted by atomic mass is 10.2. The molecule has 1 aromatic carbocycles. The molecule has 0 radical (unpaired) electrons. The van der Waals surface area contributed by atoms with Crippen molar-refractivity contribution in [1.29, 1.82) is 0 Å². The summed E-state index contributed by atoms with van der Waals surface area (Å²) in [6.07, 6.45) is 2.62. The molecule has 1 heterocycles. The number of hydrogen-bond acceptors (Lipinski definition) is 5. The molecule has 6 heteroatoms. The van der Waals surface area contributed by atoms with Gasteiger partial charge in [-0.25, -0.2) is 4.79 Å². The highest BCUT2D eigenvalue weighted by Gasteiger charge is 2.10. The molecule has 1 amide bonds. The molecule has 2 rings (SSSR count). The van der Waals surface area contributed by atoms with E-state index >= 15 is 0 Å². The maximum atomic E-state index is 11.6. The summed E-state index contributed by atoms with van der Waals surface area (Å²) in [6, 6.07) is 8.80. The van der Waals surface area contributed by atoms with Gasteiger partial charge in [0.2, 0.25) is 0 Å². The van der Waals surface area contributed by atoms with Crippen LogP contribution in [0.25, 0.3) is 0 Å². The van der Waals surface area contributed by atoms with Gasteiger partial charge in [-0.3, -0.25) is 4.79 Å². The summed E-state index contributed by atoms with van der Waals surface area (Å²) in [5.41, 5.74) is 1.17. The number of carbonyl (C=O) groups excluding carboxylic acids is 2. The Hall–Kier alpha value is -2.76. The third-order valence-electron chi connectivity index (χ3n) is 2.72. The molecule has 1 N–H and O–H groups in total. The van der Waals surface area contributed by atoms with E-state index in [-0.39, 0.29) is 18.1 Å². The Morgan fingerprint density at radius 3 is 2.86 bits per heavy atom. The van der Waals surface area contributed by atoms with Crippen LogP contribution < -0.4 is 10.1 Å². The second-order valence-corrected chi connectivity index (χ2v) is 4.22. The second kappa shape index (κ2) is 7.14. The number of carbonyl (C=O) groups is 2. The van der Waals surface area contributed by atoms with Gasteiger partial charge in [0, 0.05) is 6.54 Å². The number of hydrogen-bond donors (Lipinski definition) is 1.